The Morgan fingerprint density at radius 1 is 1.20 bits per heavy atom. The zero-order valence-corrected chi connectivity index (χ0v) is 14.7. The molecular weight excluding hydrogens is 314 g/mol. The highest BCUT2D eigenvalue weighted by Gasteiger charge is 2.36. The van der Waals surface area contributed by atoms with E-state index in [9.17, 15) is 4.79 Å². The van der Waals surface area contributed by atoms with E-state index in [0.717, 1.165) is 40.9 Å². The summed E-state index contributed by atoms with van der Waals surface area (Å²) in [6.45, 7) is 8.15. The molecule has 0 radical (unpaired) electrons. The molecular formula is C20H21N3O2. The second kappa shape index (κ2) is 5.92. The van der Waals surface area contributed by atoms with Gasteiger partial charge in [-0.1, -0.05) is 6.07 Å². The number of nitrogens with one attached hydrogen (secondary N) is 1. The first-order valence-electron chi connectivity index (χ1n) is 8.67. The van der Waals surface area contributed by atoms with Crippen molar-refractivity contribution < 1.29 is 9.53 Å². The molecule has 2 aromatic heterocycles. The molecule has 1 aromatic carbocycles. The van der Waals surface area contributed by atoms with Crippen LogP contribution in [0.25, 0.3) is 10.9 Å². The Morgan fingerprint density at radius 3 is 2.76 bits per heavy atom. The van der Waals surface area contributed by atoms with Crippen LogP contribution in [0, 0.1) is 6.92 Å². The number of hydrogen-bond acceptors (Lipinski definition) is 4. The summed E-state index contributed by atoms with van der Waals surface area (Å²) in [7, 11) is 0. The number of aromatic amines is 1. The van der Waals surface area contributed by atoms with Crippen molar-refractivity contribution in [2.75, 3.05) is 18.0 Å². The predicted octanol–water partition coefficient (Wildman–Crippen LogP) is 3.98. The van der Waals surface area contributed by atoms with Crippen molar-refractivity contribution in [3.8, 4) is 0 Å². The van der Waals surface area contributed by atoms with Gasteiger partial charge in [0.25, 0.3) is 0 Å². The lowest BCUT2D eigenvalue weighted by Crippen LogP contribution is -2.22. The summed E-state index contributed by atoms with van der Waals surface area (Å²) in [5.41, 5.74) is 5.47. The normalized spacial score (nSPS) is 16.1. The molecule has 3 aromatic rings. The Balaban J connectivity index is 1.97. The van der Waals surface area contributed by atoms with Crippen LogP contribution in [0.15, 0.2) is 36.5 Å². The zero-order valence-electron chi connectivity index (χ0n) is 14.7. The van der Waals surface area contributed by atoms with Gasteiger partial charge in [-0.2, -0.15) is 0 Å². The fourth-order valence-electron chi connectivity index (χ4n) is 3.76. The summed E-state index contributed by atoms with van der Waals surface area (Å²) in [6.07, 6.45) is 1.25. The van der Waals surface area contributed by atoms with Crippen molar-refractivity contribution in [3.05, 3.63) is 59.0 Å². The van der Waals surface area contributed by atoms with E-state index in [2.05, 4.69) is 46.9 Å². The third-order valence-corrected chi connectivity index (χ3v) is 4.94. The monoisotopic (exact) mass is 335 g/mol. The maximum Gasteiger partial charge on any atom is 0.341 e. The molecule has 5 heteroatoms. The number of H-pyrrole nitrogens is 1. The molecule has 0 spiro atoms. The Kier molecular flexibility index (Phi) is 3.71. The van der Waals surface area contributed by atoms with Crippen LogP contribution in [-0.2, 0) is 4.74 Å². The van der Waals surface area contributed by atoms with Gasteiger partial charge in [0.1, 0.15) is 5.69 Å². The van der Waals surface area contributed by atoms with Gasteiger partial charge in [0.15, 0.2) is 6.10 Å². The highest BCUT2D eigenvalue weighted by atomic mass is 16.5. The first-order chi connectivity index (χ1) is 12.2. The summed E-state index contributed by atoms with van der Waals surface area (Å²) in [5, 5.41) is 1.11. The van der Waals surface area contributed by atoms with Gasteiger partial charge in [-0.25, -0.2) is 4.79 Å². The molecule has 1 aliphatic rings. The number of aryl methyl sites for hydroxylation is 1. The molecule has 1 N–H and O–H groups in total. The van der Waals surface area contributed by atoms with Crippen LogP contribution in [0.3, 0.4) is 0 Å². The van der Waals surface area contributed by atoms with Crippen LogP contribution in [0.5, 0.6) is 0 Å². The first kappa shape index (κ1) is 15.7. The average Bonchev–Trinajstić information content (AvgIpc) is 3.13. The molecule has 0 aliphatic carbocycles. The third-order valence-electron chi connectivity index (χ3n) is 4.94. The molecule has 3 heterocycles. The molecule has 1 atom stereocenters. The molecule has 0 saturated heterocycles. The Labute approximate surface area is 146 Å². The Morgan fingerprint density at radius 2 is 2.00 bits per heavy atom. The van der Waals surface area contributed by atoms with Crippen LogP contribution in [0.2, 0.25) is 0 Å². The van der Waals surface area contributed by atoms with E-state index in [1.54, 1.807) is 18.3 Å². The van der Waals surface area contributed by atoms with E-state index in [1.807, 2.05) is 6.92 Å². The van der Waals surface area contributed by atoms with Crippen LogP contribution >= 0.6 is 0 Å². The lowest BCUT2D eigenvalue weighted by Gasteiger charge is -2.23. The minimum Gasteiger partial charge on any atom is -0.447 e. The summed E-state index contributed by atoms with van der Waals surface area (Å²) < 4.78 is 5.73. The van der Waals surface area contributed by atoms with Crippen molar-refractivity contribution in [1.29, 1.82) is 0 Å². The van der Waals surface area contributed by atoms with Crippen molar-refractivity contribution >= 4 is 22.6 Å². The van der Waals surface area contributed by atoms with Gasteiger partial charge in [0.05, 0.1) is 5.56 Å². The minimum atomic E-state index is -0.464. The quantitative estimate of drug-likeness (QED) is 0.733. The molecule has 5 nitrogen and oxygen atoms in total. The molecule has 0 fully saturated rings. The van der Waals surface area contributed by atoms with Gasteiger partial charge < -0.3 is 14.6 Å². The van der Waals surface area contributed by atoms with Gasteiger partial charge in [-0.05, 0) is 45.0 Å². The van der Waals surface area contributed by atoms with E-state index < -0.39 is 6.10 Å². The first-order valence-corrected chi connectivity index (χ1v) is 8.67. The number of benzene rings is 1. The molecule has 0 amide bonds. The molecule has 128 valence electrons. The van der Waals surface area contributed by atoms with Crippen molar-refractivity contribution in [3.63, 3.8) is 0 Å². The molecule has 1 unspecified atom stereocenters. The van der Waals surface area contributed by atoms with Crippen LogP contribution in [-0.4, -0.2) is 29.0 Å². The number of aromatic nitrogens is 2. The highest BCUT2D eigenvalue weighted by molar-refractivity contribution is 5.99. The fourth-order valence-corrected chi connectivity index (χ4v) is 3.76. The number of fused-ring (bicyclic) bond motifs is 2. The van der Waals surface area contributed by atoms with Crippen molar-refractivity contribution in [2.45, 2.75) is 26.9 Å². The Bertz CT molecular complexity index is 957. The van der Waals surface area contributed by atoms with Crippen LogP contribution in [0.4, 0.5) is 5.69 Å². The lowest BCUT2D eigenvalue weighted by molar-refractivity contribution is 0.0454. The maximum absolute atomic E-state index is 12.3. The van der Waals surface area contributed by atoms with Gasteiger partial charge in [-0.15, -0.1) is 0 Å². The number of pyridine rings is 1. The smallest absolute Gasteiger partial charge is 0.341 e. The Hall–Kier alpha value is -2.82. The number of carbonyl (C=O) groups excluding carboxylic acids is 1. The number of hydrogen-bond donors (Lipinski definition) is 1. The summed E-state index contributed by atoms with van der Waals surface area (Å²) in [5.74, 6) is -0.304. The second-order valence-corrected chi connectivity index (χ2v) is 6.26. The molecule has 4 rings (SSSR count). The number of esters is 1. The van der Waals surface area contributed by atoms with Gasteiger partial charge >= 0.3 is 5.97 Å². The van der Waals surface area contributed by atoms with Gasteiger partial charge in [-0.3, -0.25) is 4.98 Å². The third kappa shape index (κ3) is 2.30. The lowest BCUT2D eigenvalue weighted by atomic mass is 9.99. The van der Waals surface area contributed by atoms with Crippen molar-refractivity contribution in [2.24, 2.45) is 0 Å². The number of nitrogens with zero attached hydrogens (tertiary/aromatic N) is 2. The number of anilines is 1. The maximum atomic E-state index is 12.3. The van der Waals surface area contributed by atoms with E-state index in [0.29, 0.717) is 11.3 Å². The van der Waals surface area contributed by atoms with E-state index >= 15 is 0 Å². The summed E-state index contributed by atoms with van der Waals surface area (Å²) >= 11 is 0. The number of ether oxygens (including phenoxy) is 1. The van der Waals surface area contributed by atoms with Crippen molar-refractivity contribution in [1.82, 2.24) is 9.97 Å². The van der Waals surface area contributed by atoms with Gasteiger partial charge in [0, 0.05) is 47.1 Å². The molecule has 1 aliphatic heterocycles. The molecule has 0 saturated carbocycles. The number of rotatable bonds is 4. The second-order valence-electron chi connectivity index (χ2n) is 6.26. The minimum absolute atomic E-state index is 0.304. The number of carbonyl (C=O) groups is 1. The summed E-state index contributed by atoms with van der Waals surface area (Å²) in [6, 6.07) is 9.80. The van der Waals surface area contributed by atoms with Crippen LogP contribution in [0.1, 0.15) is 47.3 Å². The fraction of sp³-hybridized carbons (Fsp3) is 0.300. The standard InChI is InChI=1S/C20H21N3O2/c1-4-23(5-2)15-10-6-9-14-17(15)16(12(3)22-14)19-18-13(20(24)25-19)8-7-11-21-18/h6-11,19,22H,4-5H2,1-3H3. The van der Waals surface area contributed by atoms with Gasteiger partial charge in [0.2, 0.25) is 0 Å². The highest BCUT2D eigenvalue weighted by Crippen LogP contribution is 2.42. The van der Waals surface area contributed by atoms with Crippen LogP contribution < -0.4 is 4.90 Å². The SMILES string of the molecule is CCN(CC)c1cccc2[nH]c(C)c(C3OC(=O)c4cccnc43)c12. The van der Waals surface area contributed by atoms with E-state index in [4.69, 9.17) is 4.74 Å². The van der Waals surface area contributed by atoms with E-state index in [-0.39, 0.29) is 5.97 Å². The molecule has 25 heavy (non-hydrogen) atoms. The number of cyclic esters (lactones) is 1. The zero-order chi connectivity index (χ0) is 17.6. The average molecular weight is 335 g/mol. The topological polar surface area (TPSA) is 58.2 Å². The summed E-state index contributed by atoms with van der Waals surface area (Å²) in [4.78, 5) is 22.5. The molecule has 0 bridgehead atoms. The predicted molar refractivity (Wildman–Crippen MR) is 98.1 cm³/mol. The largest absolute Gasteiger partial charge is 0.447 e. The van der Waals surface area contributed by atoms with E-state index in [1.165, 1.54) is 0 Å².